The molecule has 0 N–H and O–H groups in total. The molecule has 0 radical (unpaired) electrons. The van der Waals surface area contributed by atoms with Crippen LogP contribution < -0.4 is 4.90 Å². The molecule has 1 saturated heterocycles. The lowest BCUT2D eigenvalue weighted by molar-refractivity contribution is -0.141. The van der Waals surface area contributed by atoms with Crippen LogP contribution in [0, 0.1) is 11.3 Å². The van der Waals surface area contributed by atoms with E-state index < -0.39 is 17.5 Å². The average Bonchev–Trinajstić information content (AvgIpc) is 2.72. The molecule has 1 aromatic heterocycles. The molecule has 3 rings (SSSR count). The molecule has 1 aliphatic heterocycles. The normalized spacial score (nSPS) is 14.8. The molecule has 2 heterocycles. The average molecular weight is 466 g/mol. The first kappa shape index (κ1) is 23.7. The minimum absolute atomic E-state index is 0.0662. The number of carbonyl (C=O) groups is 1. The van der Waals surface area contributed by atoms with Crippen molar-refractivity contribution in [2.75, 3.05) is 31.1 Å². The summed E-state index contributed by atoms with van der Waals surface area (Å²) < 4.78 is 44.4. The molecule has 1 aromatic carbocycles. The second-order valence-electron chi connectivity index (χ2n) is 8.07. The third-order valence-electron chi connectivity index (χ3n) is 4.49. The van der Waals surface area contributed by atoms with Gasteiger partial charge < -0.3 is 14.5 Å². The summed E-state index contributed by atoms with van der Waals surface area (Å²) in [7, 11) is 0. The highest BCUT2D eigenvalue weighted by Crippen LogP contribution is 2.36. The maximum Gasteiger partial charge on any atom is 0.433 e. The number of nitrogens with zero attached hydrogens (tertiary/aromatic N) is 5. The highest BCUT2D eigenvalue weighted by atomic mass is 32.2. The van der Waals surface area contributed by atoms with Crippen LogP contribution in [0.3, 0.4) is 0 Å². The van der Waals surface area contributed by atoms with E-state index in [1.807, 2.05) is 11.0 Å². The van der Waals surface area contributed by atoms with E-state index in [0.717, 1.165) is 29.7 Å². The van der Waals surface area contributed by atoms with Crippen molar-refractivity contribution in [3.63, 3.8) is 0 Å². The lowest BCUT2D eigenvalue weighted by Gasteiger charge is -2.37. The van der Waals surface area contributed by atoms with Crippen molar-refractivity contribution in [1.29, 1.82) is 5.26 Å². The number of halogens is 3. The second kappa shape index (κ2) is 9.24. The van der Waals surface area contributed by atoms with Gasteiger partial charge in [0.1, 0.15) is 11.3 Å². The Labute approximate surface area is 188 Å². The van der Waals surface area contributed by atoms with Crippen LogP contribution in [0.15, 0.2) is 40.5 Å². The van der Waals surface area contributed by atoms with Crippen LogP contribution in [-0.4, -0.2) is 52.7 Å². The van der Waals surface area contributed by atoms with E-state index in [9.17, 15) is 23.2 Å². The molecule has 0 saturated carbocycles. The summed E-state index contributed by atoms with van der Waals surface area (Å²) in [4.78, 5) is 24.0. The third-order valence-corrected chi connectivity index (χ3v) is 5.41. The van der Waals surface area contributed by atoms with E-state index in [0.29, 0.717) is 36.6 Å². The minimum Gasteiger partial charge on any atom is -0.444 e. The molecule has 0 unspecified atom stereocenters. The quantitative estimate of drug-likeness (QED) is 0.614. The highest BCUT2D eigenvalue weighted by molar-refractivity contribution is 7.99. The topological polar surface area (TPSA) is 82.4 Å². The molecule has 1 amide bonds. The summed E-state index contributed by atoms with van der Waals surface area (Å²) in [6, 6.07) is 7.85. The summed E-state index contributed by atoms with van der Waals surface area (Å²) >= 11 is 0.962. The molecule has 1 aliphatic rings. The zero-order valence-corrected chi connectivity index (χ0v) is 18.6. The number of benzene rings is 1. The van der Waals surface area contributed by atoms with Crippen LogP contribution in [0.4, 0.5) is 23.7 Å². The number of carbonyl (C=O) groups excluding carboxylic acids is 1. The number of piperazine rings is 1. The molecule has 0 aliphatic carbocycles. The predicted molar refractivity (Wildman–Crippen MR) is 112 cm³/mol. The first-order valence-electron chi connectivity index (χ1n) is 9.81. The standard InChI is InChI=1S/C21H22F3N5O2S/c1-20(2,3)31-19(30)29-10-8-28(9-11-29)15-5-4-14(13-25)12-16(15)32-18-26-7-6-17(27-18)21(22,23)24/h4-7,12H,8-11H2,1-3H3. The smallest absolute Gasteiger partial charge is 0.433 e. The number of rotatable bonds is 3. The first-order chi connectivity index (χ1) is 15.0. The maximum atomic E-state index is 13.0. The summed E-state index contributed by atoms with van der Waals surface area (Å²) in [6.07, 6.45) is -3.90. The van der Waals surface area contributed by atoms with Crippen molar-refractivity contribution in [3.8, 4) is 6.07 Å². The second-order valence-corrected chi connectivity index (χ2v) is 9.08. The Morgan fingerprint density at radius 3 is 2.44 bits per heavy atom. The van der Waals surface area contributed by atoms with E-state index in [1.165, 1.54) is 0 Å². The molecule has 1 fully saturated rings. The van der Waals surface area contributed by atoms with Crippen LogP contribution in [0.25, 0.3) is 0 Å². The minimum atomic E-state index is -4.58. The van der Waals surface area contributed by atoms with E-state index >= 15 is 0 Å². The summed E-state index contributed by atoms with van der Waals surface area (Å²) in [5, 5.41) is 9.19. The van der Waals surface area contributed by atoms with Crippen LogP contribution >= 0.6 is 11.8 Å². The van der Waals surface area contributed by atoms with Crippen molar-refractivity contribution < 1.29 is 22.7 Å². The Morgan fingerprint density at radius 1 is 1.16 bits per heavy atom. The van der Waals surface area contributed by atoms with Gasteiger partial charge >= 0.3 is 12.3 Å². The summed E-state index contributed by atoms with van der Waals surface area (Å²) in [5.74, 6) is 0. The SMILES string of the molecule is CC(C)(C)OC(=O)N1CCN(c2ccc(C#N)cc2Sc2nccc(C(F)(F)F)n2)CC1. The molecule has 2 aromatic rings. The Balaban J connectivity index is 1.79. The van der Waals surface area contributed by atoms with Gasteiger partial charge in [-0.15, -0.1) is 0 Å². The Hall–Kier alpha value is -3.00. The van der Waals surface area contributed by atoms with Crippen molar-refractivity contribution in [3.05, 3.63) is 41.7 Å². The van der Waals surface area contributed by atoms with Gasteiger partial charge in [0.25, 0.3) is 0 Å². The number of aromatic nitrogens is 2. The van der Waals surface area contributed by atoms with Crippen LogP contribution in [0.2, 0.25) is 0 Å². The summed E-state index contributed by atoms with van der Waals surface area (Å²) in [5.41, 5.74) is -0.510. The van der Waals surface area contributed by atoms with Crippen molar-refractivity contribution in [2.24, 2.45) is 0 Å². The van der Waals surface area contributed by atoms with Gasteiger partial charge in [-0.3, -0.25) is 0 Å². The fourth-order valence-corrected chi connectivity index (χ4v) is 3.97. The molecule has 0 bridgehead atoms. The van der Waals surface area contributed by atoms with Gasteiger partial charge in [-0.1, -0.05) is 0 Å². The Kier molecular flexibility index (Phi) is 6.83. The fourth-order valence-electron chi connectivity index (χ4n) is 3.03. The number of amides is 1. The Morgan fingerprint density at radius 2 is 1.84 bits per heavy atom. The Bertz CT molecular complexity index is 1030. The molecule has 7 nitrogen and oxygen atoms in total. The zero-order chi connectivity index (χ0) is 23.5. The van der Waals surface area contributed by atoms with Gasteiger partial charge in [0, 0.05) is 37.3 Å². The first-order valence-corrected chi connectivity index (χ1v) is 10.6. The van der Waals surface area contributed by atoms with Gasteiger partial charge in [-0.05, 0) is 56.8 Å². The number of anilines is 1. The van der Waals surface area contributed by atoms with Gasteiger partial charge in [-0.2, -0.15) is 18.4 Å². The van der Waals surface area contributed by atoms with Gasteiger partial charge in [-0.25, -0.2) is 14.8 Å². The molecular weight excluding hydrogens is 443 g/mol. The van der Waals surface area contributed by atoms with Crippen LogP contribution in [0.5, 0.6) is 0 Å². The zero-order valence-electron chi connectivity index (χ0n) is 17.8. The van der Waals surface area contributed by atoms with Crippen LogP contribution in [-0.2, 0) is 10.9 Å². The van der Waals surface area contributed by atoms with Gasteiger partial charge in [0.2, 0.25) is 0 Å². The predicted octanol–water partition coefficient (Wildman–Crippen LogP) is 4.58. The summed E-state index contributed by atoms with van der Waals surface area (Å²) in [6.45, 7) is 7.27. The van der Waals surface area contributed by atoms with Crippen molar-refractivity contribution in [1.82, 2.24) is 14.9 Å². The van der Waals surface area contributed by atoms with Crippen molar-refractivity contribution in [2.45, 2.75) is 42.6 Å². The number of nitriles is 1. The highest BCUT2D eigenvalue weighted by Gasteiger charge is 2.33. The van der Waals surface area contributed by atoms with Crippen molar-refractivity contribution >= 4 is 23.5 Å². The van der Waals surface area contributed by atoms with Gasteiger partial charge in [0.05, 0.1) is 17.3 Å². The number of hydrogen-bond acceptors (Lipinski definition) is 7. The number of alkyl halides is 3. The van der Waals surface area contributed by atoms with E-state index in [2.05, 4.69) is 9.97 Å². The maximum absolute atomic E-state index is 13.0. The molecule has 170 valence electrons. The third kappa shape index (κ3) is 6.03. The van der Waals surface area contributed by atoms with E-state index in [4.69, 9.17) is 4.74 Å². The van der Waals surface area contributed by atoms with Gasteiger partial charge in [0.15, 0.2) is 5.16 Å². The van der Waals surface area contributed by atoms with E-state index in [-0.39, 0.29) is 11.2 Å². The molecule has 0 spiro atoms. The number of hydrogen-bond donors (Lipinski definition) is 0. The molecular formula is C21H22F3N5O2S. The molecule has 0 atom stereocenters. The lowest BCUT2D eigenvalue weighted by Crippen LogP contribution is -2.50. The van der Waals surface area contributed by atoms with Crippen LogP contribution in [0.1, 0.15) is 32.0 Å². The monoisotopic (exact) mass is 465 g/mol. The number of ether oxygens (including phenoxy) is 1. The van der Waals surface area contributed by atoms with E-state index in [1.54, 1.807) is 43.9 Å². The largest absolute Gasteiger partial charge is 0.444 e. The molecule has 32 heavy (non-hydrogen) atoms. The molecule has 11 heteroatoms. The fraction of sp³-hybridized carbons (Fsp3) is 0.429. The lowest BCUT2D eigenvalue weighted by atomic mass is 10.2.